The number of ether oxygens (including phenoxy) is 2. The van der Waals surface area contributed by atoms with Gasteiger partial charge in [0.1, 0.15) is 5.57 Å². The maximum atomic E-state index is 13.1. The van der Waals surface area contributed by atoms with Crippen LogP contribution < -0.4 is 25.0 Å². The van der Waals surface area contributed by atoms with E-state index in [1.54, 1.807) is 42.5 Å². The Hall–Kier alpha value is -4.63. The molecular formula is C27H22ClN3O6. The number of aryl methyl sites for hydroxylation is 1. The molecule has 1 saturated heterocycles. The summed E-state index contributed by atoms with van der Waals surface area (Å²) in [6, 6.07) is 17.3. The predicted molar refractivity (Wildman–Crippen MR) is 139 cm³/mol. The van der Waals surface area contributed by atoms with Gasteiger partial charge in [-0.2, -0.15) is 0 Å². The molecule has 3 aromatic carbocycles. The normalized spacial score (nSPS) is 14.4. The number of benzene rings is 3. The first-order valence-corrected chi connectivity index (χ1v) is 11.5. The van der Waals surface area contributed by atoms with Crippen molar-refractivity contribution in [3.8, 4) is 11.5 Å². The van der Waals surface area contributed by atoms with Gasteiger partial charge in [-0.15, -0.1) is 0 Å². The smallest absolute Gasteiger partial charge is 0.335 e. The molecular weight excluding hydrogens is 498 g/mol. The molecule has 1 fully saturated rings. The van der Waals surface area contributed by atoms with Crippen LogP contribution in [0, 0.1) is 6.92 Å². The van der Waals surface area contributed by atoms with Gasteiger partial charge in [-0.3, -0.25) is 19.7 Å². The Balaban J connectivity index is 1.51. The molecule has 1 aliphatic heterocycles. The Morgan fingerprint density at radius 2 is 1.78 bits per heavy atom. The highest BCUT2D eigenvalue weighted by molar-refractivity contribution is 6.39. The van der Waals surface area contributed by atoms with Crippen LogP contribution in [0.4, 0.5) is 16.2 Å². The highest BCUT2D eigenvalue weighted by atomic mass is 35.5. The zero-order valence-corrected chi connectivity index (χ0v) is 20.7. The minimum absolute atomic E-state index is 0.221. The number of nitrogens with zero attached hydrogens (tertiary/aromatic N) is 1. The maximum absolute atomic E-state index is 13.1. The molecule has 0 unspecified atom stereocenters. The third kappa shape index (κ3) is 5.96. The number of carbonyl (C=O) groups excluding carboxylic acids is 4. The molecule has 0 bridgehead atoms. The summed E-state index contributed by atoms with van der Waals surface area (Å²) in [4.78, 5) is 51.0. The number of imide groups is 2. The summed E-state index contributed by atoms with van der Waals surface area (Å²) in [5.41, 5.74) is 2.12. The Kier molecular flexibility index (Phi) is 7.55. The highest BCUT2D eigenvalue weighted by Gasteiger charge is 2.36. The zero-order valence-electron chi connectivity index (χ0n) is 19.9. The maximum Gasteiger partial charge on any atom is 0.335 e. The Morgan fingerprint density at radius 1 is 1.03 bits per heavy atom. The van der Waals surface area contributed by atoms with Crippen LogP contribution in [0.1, 0.15) is 11.1 Å². The molecule has 9 nitrogen and oxygen atoms in total. The van der Waals surface area contributed by atoms with Crippen molar-refractivity contribution in [3.05, 3.63) is 88.5 Å². The Labute approximate surface area is 217 Å². The van der Waals surface area contributed by atoms with E-state index in [1.165, 1.54) is 25.3 Å². The van der Waals surface area contributed by atoms with Crippen LogP contribution in [0.5, 0.6) is 11.5 Å². The van der Waals surface area contributed by atoms with E-state index in [4.69, 9.17) is 21.1 Å². The number of urea groups is 1. The minimum Gasteiger partial charge on any atom is -0.493 e. The van der Waals surface area contributed by atoms with E-state index in [1.807, 2.05) is 19.1 Å². The fourth-order valence-corrected chi connectivity index (χ4v) is 3.73. The molecule has 10 heteroatoms. The number of anilines is 2. The molecule has 1 heterocycles. The van der Waals surface area contributed by atoms with Crippen LogP contribution in [0.15, 0.2) is 72.3 Å². The van der Waals surface area contributed by atoms with Gasteiger partial charge in [0.05, 0.1) is 12.8 Å². The monoisotopic (exact) mass is 519 g/mol. The van der Waals surface area contributed by atoms with E-state index in [0.717, 1.165) is 10.5 Å². The average molecular weight is 520 g/mol. The number of amides is 5. The van der Waals surface area contributed by atoms with Crippen molar-refractivity contribution in [1.82, 2.24) is 5.32 Å². The number of barbiturate groups is 1. The van der Waals surface area contributed by atoms with Crippen molar-refractivity contribution in [2.45, 2.75) is 6.92 Å². The molecule has 0 radical (unpaired) electrons. The topological polar surface area (TPSA) is 114 Å². The van der Waals surface area contributed by atoms with Gasteiger partial charge in [0, 0.05) is 10.7 Å². The van der Waals surface area contributed by atoms with Crippen molar-refractivity contribution in [1.29, 1.82) is 0 Å². The van der Waals surface area contributed by atoms with Crippen LogP contribution in [0.2, 0.25) is 5.02 Å². The van der Waals surface area contributed by atoms with Crippen molar-refractivity contribution in [3.63, 3.8) is 0 Å². The standard InChI is InChI=1S/C27H22ClN3O6/c1-16-6-9-19(10-7-16)29-24(32)15-37-22-11-8-17(13-23(22)36-2)12-21-25(33)30-27(35)31(26(21)34)20-5-3-4-18(28)14-20/h3-14H,15H2,1-2H3,(H,29,32)(H,30,33,35)/b21-12+. The molecule has 4 rings (SSSR count). The third-order valence-corrected chi connectivity index (χ3v) is 5.60. The van der Waals surface area contributed by atoms with Gasteiger partial charge in [-0.1, -0.05) is 41.4 Å². The van der Waals surface area contributed by atoms with Gasteiger partial charge in [0.15, 0.2) is 18.1 Å². The molecule has 1 aliphatic rings. The number of hydrogen-bond donors (Lipinski definition) is 2. The number of methoxy groups -OCH3 is 1. The van der Waals surface area contributed by atoms with Gasteiger partial charge in [-0.05, 0) is 61.0 Å². The van der Waals surface area contributed by atoms with E-state index in [9.17, 15) is 19.2 Å². The SMILES string of the molecule is COc1cc(/C=C2\C(=O)NC(=O)N(c3cccc(Cl)c3)C2=O)ccc1OCC(=O)Nc1ccc(C)cc1. The summed E-state index contributed by atoms with van der Waals surface area (Å²) >= 11 is 5.99. The summed E-state index contributed by atoms with van der Waals surface area (Å²) in [5.74, 6) is -1.42. The number of carbonyl (C=O) groups is 4. The van der Waals surface area contributed by atoms with Gasteiger partial charge < -0.3 is 14.8 Å². The van der Waals surface area contributed by atoms with E-state index in [-0.39, 0.29) is 29.5 Å². The summed E-state index contributed by atoms with van der Waals surface area (Å²) in [6.07, 6.45) is 1.33. The van der Waals surface area contributed by atoms with E-state index < -0.39 is 17.8 Å². The quantitative estimate of drug-likeness (QED) is 0.354. The van der Waals surface area contributed by atoms with Crippen LogP contribution in [0.3, 0.4) is 0 Å². The number of nitrogens with one attached hydrogen (secondary N) is 2. The lowest BCUT2D eigenvalue weighted by Crippen LogP contribution is -2.54. The fourth-order valence-electron chi connectivity index (χ4n) is 3.54. The molecule has 3 aromatic rings. The molecule has 0 spiro atoms. The van der Waals surface area contributed by atoms with Crippen molar-refractivity contribution in [2.24, 2.45) is 0 Å². The number of rotatable bonds is 7. The first-order chi connectivity index (χ1) is 17.7. The molecule has 0 aliphatic carbocycles. The first kappa shape index (κ1) is 25.5. The molecule has 2 N–H and O–H groups in total. The summed E-state index contributed by atoms with van der Waals surface area (Å²) in [5, 5.41) is 5.23. The second-order valence-corrected chi connectivity index (χ2v) is 8.49. The molecule has 37 heavy (non-hydrogen) atoms. The van der Waals surface area contributed by atoms with Crippen molar-refractivity contribution >= 4 is 52.8 Å². The Bertz CT molecular complexity index is 1420. The molecule has 0 aromatic heterocycles. The lowest BCUT2D eigenvalue weighted by atomic mass is 10.1. The van der Waals surface area contributed by atoms with E-state index in [2.05, 4.69) is 10.6 Å². The second-order valence-electron chi connectivity index (χ2n) is 8.05. The lowest BCUT2D eigenvalue weighted by molar-refractivity contribution is -0.122. The summed E-state index contributed by atoms with van der Waals surface area (Å²) in [6.45, 7) is 1.69. The van der Waals surface area contributed by atoms with Crippen LogP contribution in [0.25, 0.3) is 6.08 Å². The first-order valence-electron chi connectivity index (χ1n) is 11.1. The molecule has 0 atom stereocenters. The fraction of sp³-hybridized carbons (Fsp3) is 0.111. The van der Waals surface area contributed by atoms with Crippen LogP contribution >= 0.6 is 11.6 Å². The van der Waals surface area contributed by atoms with Crippen molar-refractivity contribution in [2.75, 3.05) is 23.9 Å². The molecule has 5 amide bonds. The average Bonchev–Trinajstić information content (AvgIpc) is 2.87. The van der Waals surface area contributed by atoms with Crippen molar-refractivity contribution < 1.29 is 28.7 Å². The van der Waals surface area contributed by atoms with Gasteiger partial charge in [0.2, 0.25) is 0 Å². The van der Waals surface area contributed by atoms with Crippen LogP contribution in [-0.2, 0) is 14.4 Å². The van der Waals surface area contributed by atoms with E-state index >= 15 is 0 Å². The number of hydrogen-bond acceptors (Lipinski definition) is 6. The molecule has 0 saturated carbocycles. The third-order valence-electron chi connectivity index (χ3n) is 5.36. The van der Waals surface area contributed by atoms with Gasteiger partial charge >= 0.3 is 6.03 Å². The second kappa shape index (κ2) is 11.0. The highest BCUT2D eigenvalue weighted by Crippen LogP contribution is 2.30. The van der Waals surface area contributed by atoms with E-state index in [0.29, 0.717) is 22.0 Å². The van der Waals surface area contributed by atoms with Crippen LogP contribution in [-0.4, -0.2) is 37.5 Å². The van der Waals surface area contributed by atoms with Gasteiger partial charge in [0.25, 0.3) is 17.7 Å². The molecule has 188 valence electrons. The Morgan fingerprint density at radius 3 is 2.49 bits per heavy atom. The summed E-state index contributed by atoms with van der Waals surface area (Å²) < 4.78 is 11.0. The zero-order chi connectivity index (χ0) is 26.5. The number of halogens is 1. The minimum atomic E-state index is -0.875. The summed E-state index contributed by atoms with van der Waals surface area (Å²) in [7, 11) is 1.42. The largest absolute Gasteiger partial charge is 0.493 e. The predicted octanol–water partition coefficient (Wildman–Crippen LogP) is 4.34. The lowest BCUT2D eigenvalue weighted by Gasteiger charge is -2.26. The van der Waals surface area contributed by atoms with Gasteiger partial charge in [-0.25, -0.2) is 9.69 Å².